The van der Waals surface area contributed by atoms with E-state index in [0.29, 0.717) is 16.9 Å². The summed E-state index contributed by atoms with van der Waals surface area (Å²) in [7, 11) is 0. The van der Waals surface area contributed by atoms with Gasteiger partial charge >= 0.3 is 0 Å². The van der Waals surface area contributed by atoms with E-state index < -0.39 is 11.2 Å². The number of para-hydroxylation sites is 1. The van der Waals surface area contributed by atoms with Crippen LogP contribution in [0.15, 0.2) is 48.5 Å². The molecule has 0 aromatic heterocycles. The average molecular weight is 282 g/mol. The van der Waals surface area contributed by atoms with Gasteiger partial charge in [-0.25, -0.2) is 0 Å². The Hall–Kier alpha value is -2.13. The fraction of sp³-hybridized carbons (Fsp3) is 0.278. The molecule has 1 N–H and O–H groups in total. The summed E-state index contributed by atoms with van der Waals surface area (Å²) < 4.78 is 5.87. The Bertz CT molecular complexity index is 701. The Labute approximate surface area is 124 Å². The highest BCUT2D eigenvalue weighted by Gasteiger charge is 2.56. The lowest BCUT2D eigenvalue weighted by Gasteiger charge is -2.45. The van der Waals surface area contributed by atoms with E-state index in [2.05, 4.69) is 0 Å². The van der Waals surface area contributed by atoms with Crippen LogP contribution in [0.3, 0.4) is 0 Å². The number of ether oxygens (including phenoxy) is 1. The Morgan fingerprint density at radius 1 is 1.00 bits per heavy atom. The molecule has 3 nitrogen and oxygen atoms in total. The molecular weight excluding hydrogens is 264 g/mol. The zero-order chi connectivity index (χ0) is 15.3. The van der Waals surface area contributed by atoms with Crippen molar-refractivity contribution >= 4 is 5.78 Å². The summed E-state index contributed by atoms with van der Waals surface area (Å²) in [5.74, 6) is -1.37. The first-order valence-corrected chi connectivity index (χ1v) is 6.98. The highest BCUT2D eigenvalue weighted by atomic mass is 16.6. The summed E-state index contributed by atoms with van der Waals surface area (Å²) >= 11 is 0. The van der Waals surface area contributed by atoms with Gasteiger partial charge in [0.25, 0.3) is 0 Å². The van der Waals surface area contributed by atoms with Crippen LogP contribution in [0.4, 0.5) is 0 Å². The summed E-state index contributed by atoms with van der Waals surface area (Å²) in [6.45, 7) is 5.40. The first-order chi connectivity index (χ1) is 9.86. The number of aryl methyl sites for hydroxylation is 1. The molecule has 2 aromatic carbocycles. The monoisotopic (exact) mass is 282 g/mol. The van der Waals surface area contributed by atoms with Gasteiger partial charge in [0.15, 0.2) is 5.78 Å². The van der Waals surface area contributed by atoms with Crippen molar-refractivity contribution in [3.63, 3.8) is 0 Å². The van der Waals surface area contributed by atoms with E-state index >= 15 is 0 Å². The number of aliphatic hydroxyl groups is 1. The maximum atomic E-state index is 12.8. The van der Waals surface area contributed by atoms with Crippen molar-refractivity contribution in [1.29, 1.82) is 0 Å². The van der Waals surface area contributed by atoms with E-state index in [4.69, 9.17) is 4.74 Å². The molecule has 0 amide bonds. The van der Waals surface area contributed by atoms with Crippen molar-refractivity contribution in [3.05, 3.63) is 65.2 Å². The standard InChI is InChI=1S/C18H18O3/c1-12-8-10-13(11-9-12)18(20)17(2,3)16(19)14-6-4-5-7-15(14)21-18/h4-11,20H,1-3H3. The van der Waals surface area contributed by atoms with Gasteiger partial charge in [-0.1, -0.05) is 42.0 Å². The van der Waals surface area contributed by atoms with Crippen molar-refractivity contribution in [2.75, 3.05) is 0 Å². The van der Waals surface area contributed by atoms with Crippen LogP contribution in [-0.2, 0) is 5.79 Å². The molecule has 1 aliphatic rings. The quantitative estimate of drug-likeness (QED) is 0.871. The number of benzene rings is 2. The lowest BCUT2D eigenvalue weighted by atomic mass is 9.71. The molecule has 1 unspecified atom stereocenters. The minimum absolute atomic E-state index is 0.118. The molecule has 1 atom stereocenters. The van der Waals surface area contributed by atoms with Gasteiger partial charge in [0.2, 0.25) is 5.79 Å². The Morgan fingerprint density at radius 2 is 1.62 bits per heavy atom. The molecule has 0 saturated heterocycles. The summed E-state index contributed by atoms with van der Waals surface area (Å²) in [4.78, 5) is 12.8. The van der Waals surface area contributed by atoms with Gasteiger partial charge in [-0.2, -0.15) is 0 Å². The molecule has 0 aliphatic carbocycles. The molecule has 1 heterocycles. The number of ketones is 1. The number of hydrogen-bond acceptors (Lipinski definition) is 3. The van der Waals surface area contributed by atoms with Crippen LogP contribution in [0.1, 0.15) is 35.3 Å². The second-order valence-corrected chi connectivity index (χ2v) is 6.06. The number of carbonyl (C=O) groups excluding carboxylic acids is 1. The van der Waals surface area contributed by atoms with E-state index in [-0.39, 0.29) is 5.78 Å². The maximum Gasteiger partial charge on any atom is 0.247 e. The van der Waals surface area contributed by atoms with Crippen molar-refractivity contribution in [2.45, 2.75) is 26.6 Å². The number of hydrogen-bond donors (Lipinski definition) is 1. The van der Waals surface area contributed by atoms with Crippen LogP contribution in [-0.4, -0.2) is 10.9 Å². The van der Waals surface area contributed by atoms with Crippen LogP contribution in [0.25, 0.3) is 0 Å². The van der Waals surface area contributed by atoms with Crippen LogP contribution in [0.2, 0.25) is 0 Å². The minimum atomic E-state index is -1.67. The van der Waals surface area contributed by atoms with Crippen LogP contribution in [0, 0.1) is 12.3 Å². The van der Waals surface area contributed by atoms with Crippen molar-refractivity contribution in [2.24, 2.45) is 5.41 Å². The molecule has 3 rings (SSSR count). The van der Waals surface area contributed by atoms with Crippen LogP contribution < -0.4 is 4.74 Å². The minimum Gasteiger partial charge on any atom is -0.456 e. The summed E-state index contributed by atoms with van der Waals surface area (Å²) in [5, 5.41) is 11.1. The van der Waals surface area contributed by atoms with Gasteiger partial charge in [0, 0.05) is 5.56 Å². The number of rotatable bonds is 1. The Morgan fingerprint density at radius 3 is 2.29 bits per heavy atom. The lowest BCUT2D eigenvalue weighted by Crippen LogP contribution is -2.54. The highest BCUT2D eigenvalue weighted by molar-refractivity contribution is 6.04. The Balaban J connectivity index is 2.19. The van der Waals surface area contributed by atoms with E-state index in [0.717, 1.165) is 5.56 Å². The van der Waals surface area contributed by atoms with Gasteiger partial charge in [-0.15, -0.1) is 0 Å². The smallest absolute Gasteiger partial charge is 0.247 e. The largest absolute Gasteiger partial charge is 0.456 e. The van der Waals surface area contributed by atoms with E-state index in [1.54, 1.807) is 50.2 Å². The van der Waals surface area contributed by atoms with Crippen molar-refractivity contribution < 1.29 is 14.6 Å². The van der Waals surface area contributed by atoms with Gasteiger partial charge in [0.1, 0.15) is 5.75 Å². The summed E-state index contributed by atoms with van der Waals surface area (Å²) in [6.07, 6.45) is 0. The van der Waals surface area contributed by atoms with Crippen molar-refractivity contribution in [3.8, 4) is 5.75 Å². The zero-order valence-corrected chi connectivity index (χ0v) is 12.4. The first kappa shape index (κ1) is 13.8. The molecule has 0 radical (unpaired) electrons. The van der Waals surface area contributed by atoms with Gasteiger partial charge in [0.05, 0.1) is 11.0 Å². The fourth-order valence-electron chi connectivity index (χ4n) is 2.72. The number of fused-ring (bicyclic) bond motifs is 1. The summed E-state index contributed by atoms with van der Waals surface area (Å²) in [5.41, 5.74) is 1.11. The highest BCUT2D eigenvalue weighted by Crippen LogP contribution is 2.48. The second-order valence-electron chi connectivity index (χ2n) is 6.06. The lowest BCUT2D eigenvalue weighted by molar-refractivity contribution is -0.210. The third-order valence-electron chi connectivity index (χ3n) is 4.25. The molecule has 108 valence electrons. The second kappa shape index (κ2) is 4.43. The normalized spacial score (nSPS) is 23.3. The molecule has 2 aromatic rings. The number of Topliss-reactive ketones (excluding diaryl/α,β-unsaturated/α-hetero) is 1. The molecule has 3 heteroatoms. The SMILES string of the molecule is Cc1ccc(C2(O)Oc3ccccc3C(=O)C2(C)C)cc1. The predicted molar refractivity (Wildman–Crippen MR) is 80.3 cm³/mol. The van der Waals surface area contributed by atoms with Gasteiger partial charge < -0.3 is 9.84 Å². The zero-order valence-electron chi connectivity index (χ0n) is 12.4. The third kappa shape index (κ3) is 1.88. The van der Waals surface area contributed by atoms with E-state index in [1.807, 2.05) is 19.1 Å². The molecule has 21 heavy (non-hydrogen) atoms. The third-order valence-corrected chi connectivity index (χ3v) is 4.25. The van der Waals surface area contributed by atoms with E-state index in [1.165, 1.54) is 0 Å². The number of carbonyl (C=O) groups is 1. The first-order valence-electron chi connectivity index (χ1n) is 6.98. The molecule has 0 spiro atoms. The van der Waals surface area contributed by atoms with Crippen molar-refractivity contribution in [1.82, 2.24) is 0 Å². The molecule has 0 bridgehead atoms. The molecule has 0 saturated carbocycles. The van der Waals surface area contributed by atoms with Gasteiger partial charge in [-0.05, 0) is 32.9 Å². The topological polar surface area (TPSA) is 46.5 Å². The Kier molecular flexibility index (Phi) is 2.92. The predicted octanol–water partition coefficient (Wildman–Crippen LogP) is 3.44. The summed E-state index contributed by atoms with van der Waals surface area (Å²) in [6, 6.07) is 14.4. The average Bonchev–Trinajstić information content (AvgIpc) is 2.46. The van der Waals surface area contributed by atoms with Crippen LogP contribution in [0.5, 0.6) is 5.75 Å². The fourth-order valence-corrected chi connectivity index (χ4v) is 2.72. The molecule has 1 aliphatic heterocycles. The molecule has 0 fully saturated rings. The van der Waals surface area contributed by atoms with E-state index in [9.17, 15) is 9.90 Å². The van der Waals surface area contributed by atoms with Gasteiger partial charge in [-0.3, -0.25) is 4.79 Å². The van der Waals surface area contributed by atoms with Crippen LogP contribution >= 0.6 is 0 Å². The maximum absolute atomic E-state index is 12.8. The molecular formula is C18H18O3.